The number of nitrogens with zero attached hydrogens (tertiary/aromatic N) is 2. The molecule has 0 spiro atoms. The number of aryl methyl sites for hydroxylation is 1. The lowest BCUT2D eigenvalue weighted by atomic mass is 9.98. The lowest BCUT2D eigenvalue weighted by Gasteiger charge is -2.06. The smallest absolute Gasteiger partial charge is 0.0946 e. The molecule has 0 unspecified atom stereocenters. The molecule has 0 saturated carbocycles. The second-order valence-corrected chi connectivity index (χ2v) is 4.10. The molecule has 0 aliphatic rings. The van der Waals surface area contributed by atoms with E-state index in [1.165, 1.54) is 0 Å². The van der Waals surface area contributed by atoms with Gasteiger partial charge < -0.3 is 4.57 Å². The van der Waals surface area contributed by atoms with Gasteiger partial charge in [-0.25, -0.2) is 4.98 Å². The molecule has 0 N–H and O–H groups in total. The Morgan fingerprint density at radius 1 is 1.38 bits per heavy atom. The van der Waals surface area contributed by atoms with Gasteiger partial charge in [0.2, 0.25) is 0 Å². The van der Waals surface area contributed by atoms with Crippen LogP contribution in [0.2, 0.25) is 0 Å². The summed E-state index contributed by atoms with van der Waals surface area (Å²) in [5.74, 6) is 6.37. The fourth-order valence-electron chi connectivity index (χ4n) is 0.932. The largest absolute Gasteiger partial charge is 0.337 e. The van der Waals surface area contributed by atoms with E-state index in [0.717, 1.165) is 13.0 Å². The van der Waals surface area contributed by atoms with Crippen LogP contribution in [0.4, 0.5) is 0 Å². The van der Waals surface area contributed by atoms with Gasteiger partial charge in [0, 0.05) is 30.8 Å². The first kappa shape index (κ1) is 9.85. The maximum atomic E-state index is 3.96. The Balaban J connectivity index is 2.32. The van der Waals surface area contributed by atoms with Gasteiger partial charge >= 0.3 is 0 Å². The molecular weight excluding hydrogens is 160 g/mol. The van der Waals surface area contributed by atoms with Crippen molar-refractivity contribution in [2.24, 2.45) is 5.41 Å². The molecular formula is C11H16N2. The predicted octanol–water partition coefficient (Wildman–Crippen LogP) is 2.32. The zero-order valence-corrected chi connectivity index (χ0v) is 8.54. The number of hydrogen-bond acceptors (Lipinski definition) is 1. The van der Waals surface area contributed by atoms with E-state index in [2.05, 4.69) is 37.6 Å². The molecule has 70 valence electrons. The van der Waals surface area contributed by atoms with Crippen LogP contribution in [0.1, 0.15) is 27.2 Å². The van der Waals surface area contributed by atoms with Crippen LogP contribution in [0, 0.1) is 17.3 Å². The maximum Gasteiger partial charge on any atom is 0.0946 e. The van der Waals surface area contributed by atoms with Crippen molar-refractivity contribution in [3.05, 3.63) is 18.7 Å². The average molecular weight is 176 g/mol. The molecule has 0 saturated heterocycles. The molecule has 0 aliphatic heterocycles. The molecule has 1 rings (SSSR count). The van der Waals surface area contributed by atoms with Gasteiger partial charge in [-0.05, 0) is 20.8 Å². The van der Waals surface area contributed by atoms with Crippen molar-refractivity contribution in [1.82, 2.24) is 9.55 Å². The molecule has 0 radical (unpaired) electrons. The molecule has 0 atom stereocenters. The summed E-state index contributed by atoms with van der Waals surface area (Å²) in [6, 6.07) is 0. The van der Waals surface area contributed by atoms with Crippen LogP contribution in [-0.4, -0.2) is 9.55 Å². The second kappa shape index (κ2) is 4.13. The Morgan fingerprint density at radius 2 is 2.15 bits per heavy atom. The van der Waals surface area contributed by atoms with Crippen LogP contribution in [0.15, 0.2) is 18.7 Å². The summed E-state index contributed by atoms with van der Waals surface area (Å²) >= 11 is 0. The normalized spacial score (nSPS) is 10.7. The SMILES string of the molecule is CC(C)(C)C#CCCn1ccnc1. The molecule has 0 fully saturated rings. The third-order valence-corrected chi connectivity index (χ3v) is 1.52. The number of hydrogen-bond donors (Lipinski definition) is 0. The van der Waals surface area contributed by atoms with Gasteiger partial charge in [0.1, 0.15) is 0 Å². The summed E-state index contributed by atoms with van der Waals surface area (Å²) in [6.07, 6.45) is 6.46. The first-order chi connectivity index (χ1) is 6.08. The van der Waals surface area contributed by atoms with E-state index in [9.17, 15) is 0 Å². The first-order valence-electron chi connectivity index (χ1n) is 4.54. The van der Waals surface area contributed by atoms with E-state index in [4.69, 9.17) is 0 Å². The molecule has 13 heavy (non-hydrogen) atoms. The lowest BCUT2D eigenvalue weighted by molar-refractivity contribution is 0.569. The summed E-state index contributed by atoms with van der Waals surface area (Å²) in [5, 5.41) is 0. The number of rotatable bonds is 2. The highest BCUT2D eigenvalue weighted by atomic mass is 15.0. The van der Waals surface area contributed by atoms with Crippen LogP contribution in [0.25, 0.3) is 0 Å². The summed E-state index contributed by atoms with van der Waals surface area (Å²) in [6.45, 7) is 7.30. The summed E-state index contributed by atoms with van der Waals surface area (Å²) < 4.78 is 2.04. The van der Waals surface area contributed by atoms with E-state index in [1.54, 1.807) is 6.20 Å². The van der Waals surface area contributed by atoms with Crippen LogP contribution in [0.5, 0.6) is 0 Å². The zero-order chi connectivity index (χ0) is 9.73. The molecule has 0 bridgehead atoms. The maximum absolute atomic E-state index is 3.96. The fourth-order valence-corrected chi connectivity index (χ4v) is 0.932. The van der Waals surface area contributed by atoms with Crippen molar-refractivity contribution in [1.29, 1.82) is 0 Å². The van der Waals surface area contributed by atoms with Crippen LogP contribution >= 0.6 is 0 Å². The Morgan fingerprint density at radius 3 is 2.69 bits per heavy atom. The molecule has 2 nitrogen and oxygen atoms in total. The van der Waals surface area contributed by atoms with Gasteiger partial charge in [0.25, 0.3) is 0 Å². The molecule has 1 aromatic heterocycles. The van der Waals surface area contributed by atoms with E-state index >= 15 is 0 Å². The van der Waals surface area contributed by atoms with Gasteiger partial charge in [0.05, 0.1) is 6.33 Å². The minimum absolute atomic E-state index is 0.120. The highest BCUT2D eigenvalue weighted by Crippen LogP contribution is 2.09. The average Bonchev–Trinajstić information content (AvgIpc) is 2.48. The Labute approximate surface area is 80.0 Å². The third-order valence-electron chi connectivity index (χ3n) is 1.52. The Bertz CT molecular complexity index is 293. The molecule has 0 amide bonds. The van der Waals surface area contributed by atoms with Crippen molar-refractivity contribution in [2.75, 3.05) is 0 Å². The van der Waals surface area contributed by atoms with Crippen molar-refractivity contribution in [3.8, 4) is 11.8 Å². The molecule has 0 aromatic carbocycles. The van der Waals surface area contributed by atoms with Gasteiger partial charge in [-0.1, -0.05) is 5.92 Å². The first-order valence-corrected chi connectivity index (χ1v) is 4.54. The Hall–Kier alpha value is -1.23. The second-order valence-electron chi connectivity index (χ2n) is 4.10. The van der Waals surface area contributed by atoms with Gasteiger partial charge in [-0.15, -0.1) is 5.92 Å². The number of imidazole rings is 1. The highest BCUT2D eigenvalue weighted by molar-refractivity contribution is 5.06. The molecule has 2 heteroatoms. The third kappa shape index (κ3) is 4.37. The van der Waals surface area contributed by atoms with Crippen molar-refractivity contribution in [2.45, 2.75) is 33.7 Å². The van der Waals surface area contributed by atoms with E-state index in [-0.39, 0.29) is 5.41 Å². The standard InChI is InChI=1S/C11H16N2/c1-11(2,3)6-4-5-8-13-9-7-12-10-13/h7,9-10H,5,8H2,1-3H3. The van der Waals surface area contributed by atoms with E-state index in [1.807, 2.05) is 17.1 Å². The topological polar surface area (TPSA) is 17.8 Å². The van der Waals surface area contributed by atoms with Gasteiger partial charge in [-0.2, -0.15) is 0 Å². The Kier molecular flexibility index (Phi) is 3.13. The fraction of sp³-hybridized carbons (Fsp3) is 0.545. The van der Waals surface area contributed by atoms with E-state index in [0.29, 0.717) is 0 Å². The van der Waals surface area contributed by atoms with Crippen LogP contribution in [0.3, 0.4) is 0 Å². The molecule has 1 aromatic rings. The quantitative estimate of drug-likeness (QED) is 0.632. The van der Waals surface area contributed by atoms with Crippen LogP contribution in [-0.2, 0) is 6.54 Å². The molecule has 0 aliphatic carbocycles. The monoisotopic (exact) mass is 176 g/mol. The summed E-state index contributed by atoms with van der Waals surface area (Å²) in [5.41, 5.74) is 0.120. The van der Waals surface area contributed by atoms with Gasteiger partial charge in [-0.3, -0.25) is 0 Å². The minimum Gasteiger partial charge on any atom is -0.337 e. The minimum atomic E-state index is 0.120. The summed E-state index contributed by atoms with van der Waals surface area (Å²) in [4.78, 5) is 3.96. The molecule has 1 heterocycles. The van der Waals surface area contributed by atoms with Crippen molar-refractivity contribution >= 4 is 0 Å². The predicted molar refractivity (Wildman–Crippen MR) is 54.1 cm³/mol. The lowest BCUT2D eigenvalue weighted by Crippen LogP contribution is -2.00. The zero-order valence-electron chi connectivity index (χ0n) is 8.54. The van der Waals surface area contributed by atoms with Gasteiger partial charge in [0.15, 0.2) is 0 Å². The highest BCUT2D eigenvalue weighted by Gasteiger charge is 2.02. The van der Waals surface area contributed by atoms with Crippen molar-refractivity contribution in [3.63, 3.8) is 0 Å². The summed E-state index contributed by atoms with van der Waals surface area (Å²) in [7, 11) is 0. The number of aromatic nitrogens is 2. The van der Waals surface area contributed by atoms with E-state index < -0.39 is 0 Å². The van der Waals surface area contributed by atoms with Crippen LogP contribution < -0.4 is 0 Å². The van der Waals surface area contributed by atoms with Crippen molar-refractivity contribution < 1.29 is 0 Å².